The highest BCUT2D eigenvalue weighted by Crippen LogP contribution is 2.20. The number of piperidine rings is 1. The van der Waals surface area contributed by atoms with Crippen LogP contribution in [0.2, 0.25) is 0 Å². The highest BCUT2D eigenvalue weighted by atomic mass is 32.2. The number of carbonyl (C=O) groups excluding carboxylic acids is 1. The maximum atomic E-state index is 12.2. The number of hydrogen-bond donors (Lipinski definition) is 1. The number of amides is 1. The molecule has 1 fully saturated rings. The molecule has 0 radical (unpaired) electrons. The Bertz CT molecular complexity index is 659. The molecule has 6 nitrogen and oxygen atoms in total. The van der Waals surface area contributed by atoms with Crippen LogP contribution in [0.1, 0.15) is 23.2 Å². The molecule has 1 aliphatic heterocycles. The molecule has 7 heteroatoms. The van der Waals surface area contributed by atoms with Gasteiger partial charge in [0.25, 0.3) is 5.91 Å². The number of nitrogens with zero attached hydrogens (tertiary/aromatic N) is 4. The molecule has 120 valence electrons. The van der Waals surface area contributed by atoms with E-state index in [1.807, 2.05) is 12.3 Å². The number of thioether (sulfide) groups is 1. The van der Waals surface area contributed by atoms with Gasteiger partial charge in [-0.05, 0) is 37.3 Å². The van der Waals surface area contributed by atoms with Crippen LogP contribution in [0.25, 0.3) is 0 Å². The quantitative estimate of drug-likeness (QED) is 0.683. The summed E-state index contributed by atoms with van der Waals surface area (Å²) in [6.45, 7) is 1.76. The Morgan fingerprint density at radius 2 is 1.96 bits per heavy atom. The van der Waals surface area contributed by atoms with Gasteiger partial charge in [0.05, 0.1) is 0 Å². The third kappa shape index (κ3) is 3.98. The van der Waals surface area contributed by atoms with E-state index in [4.69, 9.17) is 0 Å². The third-order valence-corrected chi connectivity index (χ3v) is 4.46. The fraction of sp³-hybridized carbons (Fsp3) is 0.375. The van der Waals surface area contributed by atoms with Crippen molar-refractivity contribution < 1.29 is 4.79 Å². The number of hydrogen-bond acceptors (Lipinski definition) is 6. The Hall–Kier alpha value is -2.15. The summed E-state index contributed by atoms with van der Waals surface area (Å²) in [7, 11) is 0. The predicted octanol–water partition coefficient (Wildman–Crippen LogP) is 1.99. The lowest BCUT2D eigenvalue weighted by molar-refractivity contribution is 0.0931. The van der Waals surface area contributed by atoms with Crippen LogP contribution in [0.4, 0.5) is 5.82 Å². The van der Waals surface area contributed by atoms with E-state index in [9.17, 15) is 4.79 Å². The van der Waals surface area contributed by atoms with Crippen LogP contribution in [-0.2, 0) is 0 Å². The Labute approximate surface area is 139 Å². The monoisotopic (exact) mass is 329 g/mol. The van der Waals surface area contributed by atoms with E-state index in [1.165, 1.54) is 0 Å². The Morgan fingerprint density at radius 3 is 2.65 bits per heavy atom. The maximum Gasteiger partial charge on any atom is 0.251 e. The van der Waals surface area contributed by atoms with Crippen molar-refractivity contribution in [3.63, 3.8) is 0 Å². The van der Waals surface area contributed by atoms with Crippen LogP contribution in [0.15, 0.2) is 41.9 Å². The molecule has 1 saturated heterocycles. The lowest BCUT2D eigenvalue weighted by Crippen LogP contribution is -2.45. The average molecular weight is 329 g/mol. The molecule has 1 aliphatic rings. The largest absolute Gasteiger partial charge is 0.356 e. The minimum Gasteiger partial charge on any atom is -0.356 e. The molecule has 23 heavy (non-hydrogen) atoms. The van der Waals surface area contributed by atoms with Crippen molar-refractivity contribution in [2.24, 2.45) is 0 Å². The van der Waals surface area contributed by atoms with Crippen molar-refractivity contribution in [3.8, 4) is 0 Å². The second-order valence-corrected chi connectivity index (χ2v) is 6.15. The van der Waals surface area contributed by atoms with Gasteiger partial charge in [0.1, 0.15) is 5.82 Å². The fourth-order valence-electron chi connectivity index (χ4n) is 2.63. The minimum absolute atomic E-state index is 0.0300. The molecule has 1 amide bonds. The van der Waals surface area contributed by atoms with Gasteiger partial charge >= 0.3 is 0 Å². The van der Waals surface area contributed by atoms with E-state index in [1.54, 1.807) is 42.5 Å². The molecule has 0 bridgehead atoms. The van der Waals surface area contributed by atoms with E-state index in [0.717, 1.165) is 36.9 Å². The molecule has 3 heterocycles. The zero-order valence-corrected chi connectivity index (χ0v) is 13.8. The maximum absolute atomic E-state index is 12.2. The first-order valence-corrected chi connectivity index (χ1v) is 8.81. The van der Waals surface area contributed by atoms with Gasteiger partial charge in [0, 0.05) is 43.3 Å². The van der Waals surface area contributed by atoms with Gasteiger partial charge in [-0.1, -0.05) is 11.8 Å². The first-order valence-electron chi connectivity index (χ1n) is 7.59. The van der Waals surface area contributed by atoms with Crippen LogP contribution in [-0.4, -0.2) is 46.2 Å². The Morgan fingerprint density at radius 1 is 1.22 bits per heavy atom. The minimum atomic E-state index is -0.0300. The number of carbonyl (C=O) groups is 1. The Kier molecular flexibility index (Phi) is 5.07. The molecule has 0 aliphatic carbocycles. The summed E-state index contributed by atoms with van der Waals surface area (Å²) in [5.41, 5.74) is 0.655. The van der Waals surface area contributed by atoms with Crippen LogP contribution in [0.3, 0.4) is 0 Å². The molecule has 0 saturated carbocycles. The molecule has 0 spiro atoms. The summed E-state index contributed by atoms with van der Waals surface area (Å²) in [6.07, 6.45) is 8.86. The van der Waals surface area contributed by atoms with Crippen molar-refractivity contribution in [1.82, 2.24) is 20.3 Å². The third-order valence-electron chi connectivity index (χ3n) is 3.90. The summed E-state index contributed by atoms with van der Waals surface area (Å²) >= 11 is 1.54. The first-order chi connectivity index (χ1) is 11.3. The topological polar surface area (TPSA) is 71.0 Å². The molecule has 0 unspecified atom stereocenters. The van der Waals surface area contributed by atoms with Crippen molar-refractivity contribution in [2.45, 2.75) is 24.0 Å². The van der Waals surface area contributed by atoms with Crippen molar-refractivity contribution in [2.75, 3.05) is 24.2 Å². The van der Waals surface area contributed by atoms with E-state index >= 15 is 0 Å². The summed E-state index contributed by atoms with van der Waals surface area (Å²) in [4.78, 5) is 27.1. The summed E-state index contributed by atoms with van der Waals surface area (Å²) < 4.78 is 0. The summed E-state index contributed by atoms with van der Waals surface area (Å²) in [6, 6.07) is 5.61. The highest BCUT2D eigenvalue weighted by molar-refractivity contribution is 7.98. The van der Waals surface area contributed by atoms with Crippen molar-refractivity contribution in [1.29, 1.82) is 0 Å². The van der Waals surface area contributed by atoms with Gasteiger partial charge in [-0.2, -0.15) is 0 Å². The number of aromatic nitrogens is 3. The molecule has 2 aromatic heterocycles. The average Bonchev–Trinajstić information content (AvgIpc) is 2.63. The van der Waals surface area contributed by atoms with Crippen LogP contribution in [0, 0.1) is 0 Å². The van der Waals surface area contributed by atoms with E-state index in [2.05, 4.69) is 25.2 Å². The van der Waals surface area contributed by atoms with Gasteiger partial charge < -0.3 is 10.2 Å². The van der Waals surface area contributed by atoms with Gasteiger partial charge in [0.15, 0.2) is 5.16 Å². The van der Waals surface area contributed by atoms with Gasteiger partial charge in [-0.3, -0.25) is 9.78 Å². The lowest BCUT2D eigenvalue weighted by atomic mass is 10.0. The number of pyridine rings is 1. The molecule has 2 aromatic rings. The number of anilines is 1. The van der Waals surface area contributed by atoms with E-state index in [-0.39, 0.29) is 11.9 Å². The molecule has 0 atom stereocenters. The van der Waals surface area contributed by atoms with Crippen LogP contribution in [0.5, 0.6) is 0 Å². The van der Waals surface area contributed by atoms with Crippen LogP contribution >= 0.6 is 11.8 Å². The predicted molar refractivity (Wildman–Crippen MR) is 90.8 cm³/mol. The smallest absolute Gasteiger partial charge is 0.251 e. The fourth-order valence-corrected chi connectivity index (χ4v) is 2.98. The second kappa shape index (κ2) is 7.41. The van der Waals surface area contributed by atoms with Crippen molar-refractivity contribution >= 4 is 23.5 Å². The molecule has 1 N–H and O–H groups in total. The molecular weight excluding hydrogens is 310 g/mol. The van der Waals surface area contributed by atoms with Gasteiger partial charge in [0.2, 0.25) is 0 Å². The standard InChI is InChI=1S/C16H19N5OS/c1-23-16-18-9-4-14(20-16)21-10-5-13(6-11-21)19-15(22)12-2-7-17-8-3-12/h2-4,7-9,13H,5-6,10-11H2,1H3,(H,19,22). The second-order valence-electron chi connectivity index (χ2n) is 5.37. The van der Waals surface area contributed by atoms with E-state index in [0.29, 0.717) is 5.56 Å². The lowest BCUT2D eigenvalue weighted by Gasteiger charge is -2.33. The van der Waals surface area contributed by atoms with Crippen LogP contribution < -0.4 is 10.2 Å². The normalized spacial score (nSPS) is 15.4. The SMILES string of the molecule is CSc1nccc(N2CCC(NC(=O)c3ccncc3)CC2)n1. The summed E-state index contributed by atoms with van der Waals surface area (Å²) in [5, 5.41) is 3.89. The molecular formula is C16H19N5OS. The summed E-state index contributed by atoms with van der Waals surface area (Å²) in [5.74, 6) is 0.931. The number of rotatable bonds is 4. The zero-order valence-electron chi connectivity index (χ0n) is 13.0. The Balaban J connectivity index is 1.55. The molecule has 3 rings (SSSR count). The first kappa shape index (κ1) is 15.7. The number of nitrogens with one attached hydrogen (secondary N) is 1. The highest BCUT2D eigenvalue weighted by Gasteiger charge is 2.22. The van der Waals surface area contributed by atoms with Gasteiger partial charge in [-0.25, -0.2) is 9.97 Å². The van der Waals surface area contributed by atoms with Gasteiger partial charge in [-0.15, -0.1) is 0 Å². The zero-order chi connectivity index (χ0) is 16.1. The van der Waals surface area contributed by atoms with E-state index < -0.39 is 0 Å². The van der Waals surface area contributed by atoms with Crippen molar-refractivity contribution in [3.05, 3.63) is 42.4 Å². The molecule has 0 aromatic carbocycles.